The molecule has 1 aromatic heterocycles. The molecule has 1 unspecified atom stereocenters. The molecule has 0 bridgehead atoms. The van der Waals surface area contributed by atoms with E-state index in [2.05, 4.69) is 14.9 Å². The smallest absolute Gasteiger partial charge is 0.261 e. The lowest BCUT2D eigenvalue weighted by Gasteiger charge is -2.01. The highest BCUT2D eigenvalue weighted by molar-refractivity contribution is 4.90. The zero-order chi connectivity index (χ0) is 12.7. The molecule has 0 fully saturated rings. The van der Waals surface area contributed by atoms with E-state index < -0.39 is 19.1 Å². The molecule has 0 amide bonds. The van der Waals surface area contributed by atoms with Gasteiger partial charge in [0.15, 0.2) is 5.82 Å². The summed E-state index contributed by atoms with van der Waals surface area (Å²) in [6, 6.07) is 0. The van der Waals surface area contributed by atoms with Crippen LogP contribution in [0.1, 0.15) is 37.6 Å². The fourth-order valence-electron chi connectivity index (χ4n) is 1.24. The maximum atomic E-state index is 11.7. The molecule has 7 heteroatoms. The number of ether oxygens (including phenoxy) is 1. The number of rotatable bonds is 8. The summed E-state index contributed by atoms with van der Waals surface area (Å²) < 4.78 is 33.0. The van der Waals surface area contributed by atoms with Crippen LogP contribution < -0.4 is 0 Å². The lowest BCUT2D eigenvalue weighted by atomic mass is 10.2. The van der Waals surface area contributed by atoms with Crippen molar-refractivity contribution in [1.82, 2.24) is 10.1 Å². The minimum atomic E-state index is -2.47. The van der Waals surface area contributed by atoms with E-state index in [0.717, 1.165) is 6.42 Å². The average Bonchev–Trinajstić information content (AvgIpc) is 2.73. The van der Waals surface area contributed by atoms with Crippen molar-refractivity contribution in [3.05, 3.63) is 11.7 Å². The van der Waals surface area contributed by atoms with Crippen LogP contribution in [0.3, 0.4) is 0 Å². The minimum Gasteiger partial charge on any atom is -0.385 e. The van der Waals surface area contributed by atoms with Crippen molar-refractivity contribution in [2.75, 3.05) is 13.2 Å². The third-order valence-electron chi connectivity index (χ3n) is 2.05. The molecule has 1 aromatic rings. The van der Waals surface area contributed by atoms with E-state index in [9.17, 15) is 13.9 Å². The predicted molar refractivity (Wildman–Crippen MR) is 54.7 cm³/mol. The number of hydrogen-bond donors (Lipinski definition) is 1. The number of aliphatic hydroxyl groups excluding tert-OH is 1. The van der Waals surface area contributed by atoms with Gasteiger partial charge in [-0.25, -0.2) is 8.78 Å². The number of aliphatic hydroxyl groups is 1. The molecule has 0 aromatic carbocycles. The van der Waals surface area contributed by atoms with Gasteiger partial charge in [0.25, 0.3) is 6.43 Å². The van der Waals surface area contributed by atoms with Crippen molar-refractivity contribution in [3.63, 3.8) is 0 Å². The Morgan fingerprint density at radius 1 is 1.47 bits per heavy atom. The molecule has 98 valence electrons. The van der Waals surface area contributed by atoms with Crippen LogP contribution in [0, 0.1) is 0 Å². The van der Waals surface area contributed by atoms with E-state index in [4.69, 9.17) is 4.52 Å². The van der Waals surface area contributed by atoms with Crippen LogP contribution in [0.4, 0.5) is 8.78 Å². The summed E-state index contributed by atoms with van der Waals surface area (Å²) in [5.41, 5.74) is 0. The summed E-state index contributed by atoms with van der Waals surface area (Å²) in [7, 11) is 0. The van der Waals surface area contributed by atoms with Gasteiger partial charge in [-0.1, -0.05) is 18.5 Å². The maximum absolute atomic E-state index is 11.7. The summed E-state index contributed by atoms with van der Waals surface area (Å²) in [6.45, 7) is 1.43. The van der Waals surface area contributed by atoms with E-state index >= 15 is 0 Å². The van der Waals surface area contributed by atoms with Gasteiger partial charge in [-0.05, 0) is 6.42 Å². The standard InChI is InChI=1S/C10H16F2N2O3/c1-2-3-7(15)10-13-9(17-14-10)4-5-16-6-8(11)12/h7-8,15H,2-6H2,1H3. The summed E-state index contributed by atoms with van der Waals surface area (Å²) in [5.74, 6) is 0.514. The third-order valence-corrected chi connectivity index (χ3v) is 2.05. The number of alkyl halides is 2. The van der Waals surface area contributed by atoms with Gasteiger partial charge < -0.3 is 14.4 Å². The average molecular weight is 250 g/mol. The summed E-state index contributed by atoms with van der Waals surface area (Å²) in [6.07, 6.45) is -1.58. The summed E-state index contributed by atoms with van der Waals surface area (Å²) in [5, 5.41) is 13.2. The monoisotopic (exact) mass is 250 g/mol. The highest BCUT2D eigenvalue weighted by Gasteiger charge is 2.14. The summed E-state index contributed by atoms with van der Waals surface area (Å²) >= 11 is 0. The van der Waals surface area contributed by atoms with E-state index in [-0.39, 0.29) is 24.7 Å². The van der Waals surface area contributed by atoms with Crippen LogP contribution in [0.25, 0.3) is 0 Å². The van der Waals surface area contributed by atoms with Gasteiger partial charge in [-0.3, -0.25) is 0 Å². The van der Waals surface area contributed by atoms with Crippen molar-refractivity contribution in [2.24, 2.45) is 0 Å². The lowest BCUT2D eigenvalue weighted by molar-refractivity contribution is 0.0171. The molecular weight excluding hydrogens is 234 g/mol. The van der Waals surface area contributed by atoms with Crippen molar-refractivity contribution in [1.29, 1.82) is 0 Å². The first kappa shape index (κ1) is 14.0. The molecule has 17 heavy (non-hydrogen) atoms. The van der Waals surface area contributed by atoms with Gasteiger partial charge in [-0.15, -0.1) is 0 Å². The SMILES string of the molecule is CCCC(O)c1noc(CCOCC(F)F)n1. The van der Waals surface area contributed by atoms with Crippen LogP contribution in [0.5, 0.6) is 0 Å². The highest BCUT2D eigenvalue weighted by Crippen LogP contribution is 2.14. The van der Waals surface area contributed by atoms with Crippen LogP contribution in [0.15, 0.2) is 4.52 Å². The molecule has 1 rings (SSSR count). The Kier molecular flexibility index (Phi) is 5.99. The van der Waals surface area contributed by atoms with Gasteiger partial charge in [-0.2, -0.15) is 4.98 Å². The minimum absolute atomic E-state index is 0.0931. The van der Waals surface area contributed by atoms with Crippen LogP contribution >= 0.6 is 0 Å². The second-order valence-electron chi connectivity index (χ2n) is 3.57. The van der Waals surface area contributed by atoms with E-state index in [1.807, 2.05) is 6.92 Å². The third kappa shape index (κ3) is 5.18. The molecule has 0 aliphatic carbocycles. The van der Waals surface area contributed by atoms with Crippen molar-refractivity contribution < 1.29 is 23.1 Å². The Balaban J connectivity index is 2.30. The first-order valence-corrected chi connectivity index (χ1v) is 5.50. The molecule has 0 radical (unpaired) electrons. The van der Waals surface area contributed by atoms with Crippen molar-refractivity contribution in [3.8, 4) is 0 Å². The predicted octanol–water partition coefficient (Wildman–Crippen LogP) is 1.73. The normalized spacial score (nSPS) is 13.2. The molecular formula is C10H16F2N2O3. The van der Waals surface area contributed by atoms with Gasteiger partial charge in [0.1, 0.15) is 12.7 Å². The highest BCUT2D eigenvalue weighted by atomic mass is 19.3. The van der Waals surface area contributed by atoms with Crippen molar-refractivity contribution >= 4 is 0 Å². The van der Waals surface area contributed by atoms with E-state index in [1.165, 1.54) is 0 Å². The van der Waals surface area contributed by atoms with Crippen LogP contribution in [0.2, 0.25) is 0 Å². The number of nitrogens with zero attached hydrogens (tertiary/aromatic N) is 2. The fourth-order valence-corrected chi connectivity index (χ4v) is 1.24. The van der Waals surface area contributed by atoms with Gasteiger partial charge >= 0.3 is 0 Å². The molecule has 0 saturated carbocycles. The zero-order valence-corrected chi connectivity index (χ0v) is 9.60. The zero-order valence-electron chi connectivity index (χ0n) is 9.60. The number of aromatic nitrogens is 2. The molecule has 1 heterocycles. The molecule has 0 spiro atoms. The van der Waals surface area contributed by atoms with Gasteiger partial charge in [0.2, 0.25) is 5.89 Å². The van der Waals surface area contributed by atoms with E-state index in [1.54, 1.807) is 0 Å². The largest absolute Gasteiger partial charge is 0.385 e. The van der Waals surface area contributed by atoms with Crippen molar-refractivity contribution in [2.45, 2.75) is 38.7 Å². The molecule has 0 aliphatic rings. The molecule has 1 atom stereocenters. The Bertz CT molecular complexity index is 320. The Labute approximate surface area is 97.8 Å². The number of hydrogen-bond acceptors (Lipinski definition) is 5. The lowest BCUT2D eigenvalue weighted by Crippen LogP contribution is -2.07. The topological polar surface area (TPSA) is 68.4 Å². The summed E-state index contributed by atoms with van der Waals surface area (Å²) in [4.78, 5) is 3.95. The second-order valence-corrected chi connectivity index (χ2v) is 3.57. The Morgan fingerprint density at radius 2 is 2.24 bits per heavy atom. The number of halogens is 2. The van der Waals surface area contributed by atoms with Gasteiger partial charge in [0, 0.05) is 0 Å². The molecule has 0 saturated heterocycles. The Hall–Kier alpha value is -1.08. The van der Waals surface area contributed by atoms with Crippen LogP contribution in [-0.2, 0) is 11.2 Å². The fraction of sp³-hybridized carbons (Fsp3) is 0.800. The first-order valence-electron chi connectivity index (χ1n) is 5.50. The van der Waals surface area contributed by atoms with E-state index in [0.29, 0.717) is 6.42 Å². The van der Waals surface area contributed by atoms with Gasteiger partial charge in [0.05, 0.1) is 13.0 Å². The van der Waals surface area contributed by atoms with Crippen LogP contribution in [-0.4, -0.2) is 34.9 Å². The Morgan fingerprint density at radius 3 is 2.88 bits per heavy atom. The molecule has 5 nitrogen and oxygen atoms in total. The first-order chi connectivity index (χ1) is 8.13. The second kappa shape index (κ2) is 7.29. The molecule has 0 aliphatic heterocycles. The molecule has 1 N–H and O–H groups in total. The maximum Gasteiger partial charge on any atom is 0.261 e. The quantitative estimate of drug-likeness (QED) is 0.711.